The zero-order chi connectivity index (χ0) is 10.7. The van der Waals surface area contributed by atoms with E-state index in [2.05, 4.69) is 0 Å². The molecule has 0 aliphatic heterocycles. The zero-order valence-corrected chi connectivity index (χ0v) is 8.23. The van der Waals surface area contributed by atoms with Crippen LogP contribution >= 0.6 is 11.6 Å². The standard InChI is InChI=1S/C8H9ClN2O3/c1-10(12)5-6-2-3-8(11(13)14)7(9)4-6/h2-4,12H,5H2,1H3. The average Bonchev–Trinajstić information content (AvgIpc) is 2.01. The molecule has 1 aromatic rings. The molecule has 0 bridgehead atoms. The number of nitrogens with zero attached hydrogens (tertiary/aromatic N) is 2. The fraction of sp³-hybridized carbons (Fsp3) is 0.250. The molecule has 0 saturated carbocycles. The van der Waals surface area contributed by atoms with Crippen molar-refractivity contribution in [2.75, 3.05) is 7.05 Å². The lowest BCUT2D eigenvalue weighted by molar-refractivity contribution is -0.384. The number of hydrogen-bond acceptors (Lipinski definition) is 4. The molecule has 0 atom stereocenters. The average molecular weight is 217 g/mol. The van der Waals surface area contributed by atoms with Crippen LogP contribution < -0.4 is 0 Å². The number of nitro benzene ring substituents is 1. The smallest absolute Gasteiger partial charge is 0.287 e. The Hall–Kier alpha value is -1.17. The normalized spacial score (nSPS) is 10.6. The number of hydrogen-bond donors (Lipinski definition) is 1. The van der Waals surface area contributed by atoms with E-state index < -0.39 is 4.92 Å². The van der Waals surface area contributed by atoms with Crippen molar-refractivity contribution in [2.45, 2.75) is 6.54 Å². The Morgan fingerprint density at radius 2 is 2.29 bits per heavy atom. The van der Waals surface area contributed by atoms with Crippen LogP contribution in [0, 0.1) is 10.1 Å². The molecule has 5 nitrogen and oxygen atoms in total. The van der Waals surface area contributed by atoms with Gasteiger partial charge in [-0.2, -0.15) is 5.06 Å². The van der Waals surface area contributed by atoms with Gasteiger partial charge in [0.15, 0.2) is 0 Å². The maximum atomic E-state index is 10.4. The van der Waals surface area contributed by atoms with Crippen LogP contribution in [0.1, 0.15) is 5.56 Å². The lowest BCUT2D eigenvalue weighted by Gasteiger charge is -2.07. The van der Waals surface area contributed by atoms with E-state index >= 15 is 0 Å². The lowest BCUT2D eigenvalue weighted by atomic mass is 10.2. The van der Waals surface area contributed by atoms with Gasteiger partial charge in [0, 0.05) is 19.7 Å². The third-order valence-corrected chi connectivity index (χ3v) is 1.92. The summed E-state index contributed by atoms with van der Waals surface area (Å²) in [6.45, 7) is 0.276. The van der Waals surface area contributed by atoms with E-state index in [-0.39, 0.29) is 17.3 Å². The minimum absolute atomic E-state index is 0.0781. The Morgan fingerprint density at radius 3 is 2.71 bits per heavy atom. The molecule has 0 amide bonds. The SMILES string of the molecule is CN(O)Cc1ccc([N+](=O)[O-])c(Cl)c1. The van der Waals surface area contributed by atoms with Crippen LogP contribution in [0.2, 0.25) is 5.02 Å². The van der Waals surface area contributed by atoms with Crippen molar-refractivity contribution in [2.24, 2.45) is 0 Å². The van der Waals surface area contributed by atoms with Gasteiger partial charge in [0.2, 0.25) is 0 Å². The van der Waals surface area contributed by atoms with Crippen molar-refractivity contribution in [3.05, 3.63) is 38.9 Å². The van der Waals surface area contributed by atoms with E-state index in [0.29, 0.717) is 5.56 Å². The fourth-order valence-corrected chi connectivity index (χ4v) is 1.33. The molecule has 76 valence electrons. The van der Waals surface area contributed by atoms with E-state index in [1.165, 1.54) is 19.2 Å². The van der Waals surface area contributed by atoms with E-state index in [0.717, 1.165) is 5.06 Å². The molecular weight excluding hydrogens is 208 g/mol. The van der Waals surface area contributed by atoms with Crippen molar-refractivity contribution in [3.63, 3.8) is 0 Å². The van der Waals surface area contributed by atoms with Crippen LogP contribution in [0.15, 0.2) is 18.2 Å². The molecule has 1 aromatic carbocycles. The second-order valence-electron chi connectivity index (χ2n) is 2.86. The number of hydroxylamine groups is 2. The second-order valence-corrected chi connectivity index (χ2v) is 3.27. The van der Waals surface area contributed by atoms with Gasteiger partial charge < -0.3 is 5.21 Å². The van der Waals surface area contributed by atoms with Crippen LogP contribution in [0.4, 0.5) is 5.69 Å². The first kappa shape index (κ1) is 10.9. The largest absolute Gasteiger partial charge is 0.314 e. The van der Waals surface area contributed by atoms with Crippen molar-refractivity contribution < 1.29 is 10.1 Å². The Kier molecular flexibility index (Phi) is 3.40. The fourth-order valence-electron chi connectivity index (χ4n) is 1.06. The molecule has 1 N–H and O–H groups in total. The van der Waals surface area contributed by atoms with E-state index in [4.69, 9.17) is 16.8 Å². The lowest BCUT2D eigenvalue weighted by Crippen LogP contribution is -2.11. The van der Waals surface area contributed by atoms with Gasteiger partial charge in [-0.25, -0.2) is 0 Å². The van der Waals surface area contributed by atoms with Crippen molar-refractivity contribution in [1.29, 1.82) is 0 Å². The van der Waals surface area contributed by atoms with Crippen molar-refractivity contribution >= 4 is 17.3 Å². The molecule has 0 heterocycles. The molecule has 0 saturated heterocycles. The minimum atomic E-state index is -0.547. The van der Waals surface area contributed by atoms with Gasteiger partial charge in [-0.05, 0) is 11.6 Å². The molecule has 0 unspecified atom stereocenters. The number of benzene rings is 1. The van der Waals surface area contributed by atoms with Crippen LogP contribution in [0.25, 0.3) is 0 Å². The monoisotopic (exact) mass is 216 g/mol. The molecule has 0 spiro atoms. The molecule has 0 aliphatic carbocycles. The Bertz CT molecular complexity index is 354. The van der Waals surface area contributed by atoms with Crippen LogP contribution in [0.3, 0.4) is 0 Å². The van der Waals surface area contributed by atoms with E-state index in [1.807, 2.05) is 0 Å². The maximum absolute atomic E-state index is 10.4. The van der Waals surface area contributed by atoms with E-state index in [9.17, 15) is 10.1 Å². The Labute approximate surface area is 85.6 Å². The number of halogens is 1. The minimum Gasteiger partial charge on any atom is -0.314 e. The summed E-state index contributed by atoms with van der Waals surface area (Å²) in [5.74, 6) is 0. The third-order valence-electron chi connectivity index (χ3n) is 1.62. The summed E-state index contributed by atoms with van der Waals surface area (Å²) in [6.07, 6.45) is 0. The van der Waals surface area contributed by atoms with E-state index in [1.54, 1.807) is 6.07 Å². The summed E-state index contributed by atoms with van der Waals surface area (Å²) in [5, 5.41) is 20.4. The van der Waals surface area contributed by atoms with Gasteiger partial charge in [0.25, 0.3) is 5.69 Å². The van der Waals surface area contributed by atoms with Crippen molar-refractivity contribution in [1.82, 2.24) is 5.06 Å². The predicted molar refractivity (Wildman–Crippen MR) is 51.4 cm³/mol. The summed E-state index contributed by atoms with van der Waals surface area (Å²) in [5.41, 5.74) is 0.585. The highest BCUT2D eigenvalue weighted by atomic mass is 35.5. The molecule has 0 radical (unpaired) electrons. The molecule has 0 aliphatic rings. The first-order valence-corrected chi connectivity index (χ1v) is 4.21. The molecular formula is C8H9ClN2O3. The van der Waals surface area contributed by atoms with Gasteiger partial charge in [-0.1, -0.05) is 17.7 Å². The molecule has 0 fully saturated rings. The van der Waals surface area contributed by atoms with Crippen LogP contribution in [0.5, 0.6) is 0 Å². The maximum Gasteiger partial charge on any atom is 0.287 e. The zero-order valence-electron chi connectivity index (χ0n) is 7.48. The highest BCUT2D eigenvalue weighted by Crippen LogP contribution is 2.25. The van der Waals surface area contributed by atoms with Crippen LogP contribution in [-0.2, 0) is 6.54 Å². The first-order chi connectivity index (χ1) is 6.50. The molecule has 1 rings (SSSR count). The predicted octanol–water partition coefficient (Wildman–Crippen LogP) is 2.07. The summed E-state index contributed by atoms with van der Waals surface area (Å²) < 4.78 is 0. The highest BCUT2D eigenvalue weighted by Gasteiger charge is 2.12. The Morgan fingerprint density at radius 1 is 1.64 bits per heavy atom. The van der Waals surface area contributed by atoms with Crippen molar-refractivity contribution in [3.8, 4) is 0 Å². The first-order valence-electron chi connectivity index (χ1n) is 3.83. The molecule has 6 heteroatoms. The van der Waals surface area contributed by atoms with Crippen LogP contribution in [-0.4, -0.2) is 22.2 Å². The summed E-state index contributed by atoms with van der Waals surface area (Å²) in [7, 11) is 1.48. The highest BCUT2D eigenvalue weighted by molar-refractivity contribution is 6.32. The van der Waals surface area contributed by atoms with Gasteiger partial charge in [0.1, 0.15) is 5.02 Å². The van der Waals surface area contributed by atoms with Gasteiger partial charge >= 0.3 is 0 Å². The van der Waals surface area contributed by atoms with Gasteiger partial charge in [-0.15, -0.1) is 0 Å². The number of rotatable bonds is 3. The summed E-state index contributed by atoms with van der Waals surface area (Å²) in [6, 6.07) is 4.34. The molecule has 0 aromatic heterocycles. The molecule has 14 heavy (non-hydrogen) atoms. The summed E-state index contributed by atoms with van der Waals surface area (Å²) in [4.78, 5) is 9.87. The van der Waals surface area contributed by atoms with Gasteiger partial charge in [0.05, 0.1) is 4.92 Å². The topological polar surface area (TPSA) is 66.6 Å². The van der Waals surface area contributed by atoms with Gasteiger partial charge in [-0.3, -0.25) is 10.1 Å². The summed E-state index contributed by atoms with van der Waals surface area (Å²) >= 11 is 5.67. The quantitative estimate of drug-likeness (QED) is 0.621. The number of nitro groups is 1. The second kappa shape index (κ2) is 4.36. The Balaban J connectivity index is 2.94. The third kappa shape index (κ3) is 2.66.